The third-order valence-electron chi connectivity index (χ3n) is 4.23. The molecule has 0 unspecified atom stereocenters. The van der Waals surface area contributed by atoms with E-state index in [1.165, 1.54) is 0 Å². The van der Waals surface area contributed by atoms with Crippen LogP contribution in [0.1, 0.15) is 23.6 Å². The number of amides is 1. The van der Waals surface area contributed by atoms with Gasteiger partial charge in [0.2, 0.25) is 0 Å². The van der Waals surface area contributed by atoms with E-state index in [9.17, 15) is 9.59 Å². The van der Waals surface area contributed by atoms with Crippen molar-refractivity contribution in [2.75, 3.05) is 19.7 Å². The molecule has 5 nitrogen and oxygen atoms in total. The zero-order chi connectivity index (χ0) is 16.4. The van der Waals surface area contributed by atoms with Crippen LogP contribution in [0.3, 0.4) is 0 Å². The molecule has 2 rings (SSSR count). The molecule has 0 saturated carbocycles. The average Bonchev–Trinajstić information content (AvgIpc) is 2.79. The van der Waals surface area contributed by atoms with E-state index in [4.69, 9.17) is 9.84 Å². The van der Waals surface area contributed by atoms with Crippen LogP contribution in [0.5, 0.6) is 5.75 Å². The first kappa shape index (κ1) is 16.3. The molecule has 5 heteroatoms. The van der Waals surface area contributed by atoms with E-state index < -0.39 is 11.9 Å². The summed E-state index contributed by atoms with van der Waals surface area (Å²) in [5.74, 6) is -0.763. The molecular formula is C17H23NO4. The van der Waals surface area contributed by atoms with Gasteiger partial charge in [-0.3, -0.25) is 9.59 Å². The van der Waals surface area contributed by atoms with Gasteiger partial charge in [-0.15, -0.1) is 0 Å². The minimum atomic E-state index is -0.839. The third kappa shape index (κ3) is 3.40. The normalized spacial score (nSPS) is 21.0. The second kappa shape index (κ2) is 6.38. The third-order valence-corrected chi connectivity index (χ3v) is 4.23. The minimum absolute atomic E-state index is 0.0238. The van der Waals surface area contributed by atoms with Gasteiger partial charge >= 0.3 is 5.97 Å². The zero-order valence-corrected chi connectivity index (χ0v) is 13.5. The number of aliphatic carboxylic acids is 1. The summed E-state index contributed by atoms with van der Waals surface area (Å²) in [5.41, 5.74) is 3.17. The molecule has 0 aromatic heterocycles. The number of carbonyl (C=O) groups is 2. The lowest BCUT2D eigenvalue weighted by Crippen LogP contribution is -2.34. The van der Waals surface area contributed by atoms with Crippen molar-refractivity contribution in [3.05, 3.63) is 28.8 Å². The van der Waals surface area contributed by atoms with Gasteiger partial charge in [-0.05, 0) is 37.8 Å². The van der Waals surface area contributed by atoms with Crippen molar-refractivity contribution in [2.24, 2.45) is 11.8 Å². The highest BCUT2D eigenvalue weighted by Gasteiger charge is 2.36. The molecule has 1 aliphatic heterocycles. The maximum absolute atomic E-state index is 12.2. The lowest BCUT2D eigenvalue weighted by Gasteiger charge is -2.18. The molecule has 1 amide bonds. The van der Waals surface area contributed by atoms with Gasteiger partial charge in [0.05, 0.1) is 5.92 Å². The Morgan fingerprint density at radius 3 is 2.32 bits per heavy atom. The van der Waals surface area contributed by atoms with Crippen LogP contribution in [0.2, 0.25) is 0 Å². The Morgan fingerprint density at radius 1 is 1.23 bits per heavy atom. The number of benzene rings is 1. The molecule has 2 atom stereocenters. The number of ether oxygens (including phenoxy) is 1. The van der Waals surface area contributed by atoms with Crippen molar-refractivity contribution in [1.29, 1.82) is 0 Å². The first-order valence-corrected chi connectivity index (χ1v) is 7.50. The number of hydrogen-bond donors (Lipinski definition) is 1. The van der Waals surface area contributed by atoms with Gasteiger partial charge in [0.25, 0.3) is 5.91 Å². The summed E-state index contributed by atoms with van der Waals surface area (Å²) in [6, 6.07) is 4.04. The van der Waals surface area contributed by atoms with Gasteiger partial charge in [0.1, 0.15) is 5.75 Å². The molecule has 0 spiro atoms. The predicted octanol–water partition coefficient (Wildman–Crippen LogP) is 2.17. The van der Waals surface area contributed by atoms with Crippen molar-refractivity contribution >= 4 is 11.9 Å². The maximum Gasteiger partial charge on any atom is 0.308 e. The summed E-state index contributed by atoms with van der Waals surface area (Å²) in [4.78, 5) is 24.9. The van der Waals surface area contributed by atoms with Crippen LogP contribution in [-0.4, -0.2) is 41.6 Å². The van der Waals surface area contributed by atoms with Crippen LogP contribution in [0.25, 0.3) is 0 Å². The van der Waals surface area contributed by atoms with E-state index in [0.717, 1.165) is 22.4 Å². The molecule has 0 radical (unpaired) electrons. The second-order valence-electron chi connectivity index (χ2n) is 6.24. The Balaban J connectivity index is 1.98. The van der Waals surface area contributed by atoms with E-state index in [1.807, 2.05) is 39.8 Å². The van der Waals surface area contributed by atoms with Gasteiger partial charge in [0.15, 0.2) is 6.61 Å². The summed E-state index contributed by atoms with van der Waals surface area (Å²) in [6.45, 7) is 8.49. The Hall–Kier alpha value is -2.04. The summed E-state index contributed by atoms with van der Waals surface area (Å²) in [6.07, 6.45) is 0. The Morgan fingerprint density at radius 2 is 1.82 bits per heavy atom. The fourth-order valence-electron chi connectivity index (χ4n) is 3.11. The number of carboxylic acid groups (broad SMARTS) is 1. The quantitative estimate of drug-likeness (QED) is 0.926. The molecule has 1 fully saturated rings. The molecular weight excluding hydrogens is 282 g/mol. The molecule has 1 aromatic rings. The smallest absolute Gasteiger partial charge is 0.308 e. The highest BCUT2D eigenvalue weighted by atomic mass is 16.5. The molecule has 0 bridgehead atoms. The molecule has 1 aliphatic rings. The van der Waals surface area contributed by atoms with Crippen LogP contribution in [0.15, 0.2) is 12.1 Å². The van der Waals surface area contributed by atoms with Crippen molar-refractivity contribution in [2.45, 2.75) is 27.7 Å². The van der Waals surface area contributed by atoms with E-state index in [-0.39, 0.29) is 25.0 Å². The Labute approximate surface area is 130 Å². The summed E-state index contributed by atoms with van der Waals surface area (Å²) in [5, 5.41) is 9.12. The number of hydrogen-bond acceptors (Lipinski definition) is 3. The highest BCUT2D eigenvalue weighted by molar-refractivity contribution is 5.80. The summed E-state index contributed by atoms with van der Waals surface area (Å²) < 4.78 is 5.69. The predicted molar refractivity (Wildman–Crippen MR) is 83.0 cm³/mol. The van der Waals surface area contributed by atoms with Crippen molar-refractivity contribution < 1.29 is 19.4 Å². The lowest BCUT2D eigenvalue weighted by atomic mass is 9.99. The number of likely N-dealkylation sites (tertiary alicyclic amines) is 1. The molecule has 1 heterocycles. The SMILES string of the molecule is Cc1cc(C)c(OCC(=O)N2C[C@@H](C)[C@H](C(=O)O)C2)c(C)c1. The van der Waals surface area contributed by atoms with E-state index in [0.29, 0.717) is 6.54 Å². The molecule has 0 aliphatic carbocycles. The number of nitrogens with zero attached hydrogens (tertiary/aromatic N) is 1. The first-order valence-electron chi connectivity index (χ1n) is 7.50. The molecule has 22 heavy (non-hydrogen) atoms. The van der Waals surface area contributed by atoms with Crippen molar-refractivity contribution in [3.8, 4) is 5.75 Å². The fraction of sp³-hybridized carbons (Fsp3) is 0.529. The Kier molecular flexibility index (Phi) is 4.74. The molecule has 1 saturated heterocycles. The monoisotopic (exact) mass is 305 g/mol. The number of rotatable bonds is 4. The van der Waals surface area contributed by atoms with Crippen molar-refractivity contribution in [1.82, 2.24) is 4.90 Å². The summed E-state index contributed by atoms with van der Waals surface area (Å²) in [7, 11) is 0. The van der Waals surface area contributed by atoms with E-state index in [2.05, 4.69) is 0 Å². The molecule has 120 valence electrons. The van der Waals surface area contributed by atoms with Gasteiger partial charge < -0.3 is 14.7 Å². The molecule has 1 N–H and O–H groups in total. The van der Waals surface area contributed by atoms with Gasteiger partial charge in [-0.1, -0.05) is 24.6 Å². The highest BCUT2D eigenvalue weighted by Crippen LogP contribution is 2.26. The topological polar surface area (TPSA) is 66.8 Å². The lowest BCUT2D eigenvalue weighted by molar-refractivity contribution is -0.142. The summed E-state index contributed by atoms with van der Waals surface area (Å²) >= 11 is 0. The fourth-order valence-corrected chi connectivity index (χ4v) is 3.11. The molecule has 1 aromatic carbocycles. The van der Waals surface area contributed by atoms with Crippen LogP contribution >= 0.6 is 0 Å². The van der Waals surface area contributed by atoms with E-state index >= 15 is 0 Å². The zero-order valence-electron chi connectivity index (χ0n) is 13.5. The van der Waals surface area contributed by atoms with Crippen molar-refractivity contribution in [3.63, 3.8) is 0 Å². The van der Waals surface area contributed by atoms with E-state index in [1.54, 1.807) is 4.90 Å². The first-order chi connectivity index (χ1) is 10.3. The standard InChI is InChI=1S/C17H23NO4/c1-10-5-11(2)16(12(3)6-10)22-9-15(19)18-7-13(4)14(8-18)17(20)21/h5-6,13-14H,7-9H2,1-4H3,(H,20,21)/t13-,14-/m1/s1. The number of aryl methyl sites for hydroxylation is 3. The number of carboxylic acids is 1. The average molecular weight is 305 g/mol. The van der Waals surface area contributed by atoms with Gasteiger partial charge in [0, 0.05) is 13.1 Å². The van der Waals surface area contributed by atoms with Gasteiger partial charge in [-0.2, -0.15) is 0 Å². The number of carbonyl (C=O) groups excluding carboxylic acids is 1. The van der Waals surface area contributed by atoms with Crippen LogP contribution < -0.4 is 4.74 Å². The Bertz CT molecular complexity index is 573. The van der Waals surface area contributed by atoms with Crippen LogP contribution in [0, 0.1) is 32.6 Å². The van der Waals surface area contributed by atoms with Gasteiger partial charge in [-0.25, -0.2) is 0 Å². The minimum Gasteiger partial charge on any atom is -0.483 e. The second-order valence-corrected chi connectivity index (χ2v) is 6.24. The maximum atomic E-state index is 12.2. The largest absolute Gasteiger partial charge is 0.483 e. The van der Waals surface area contributed by atoms with Crippen LogP contribution in [-0.2, 0) is 9.59 Å². The van der Waals surface area contributed by atoms with Crippen LogP contribution in [0.4, 0.5) is 0 Å².